The molecule has 80 valence electrons. The van der Waals surface area contributed by atoms with Crippen molar-refractivity contribution >= 4 is 35.0 Å². The van der Waals surface area contributed by atoms with Crippen LogP contribution in [0, 0.1) is 0 Å². The number of anilines is 1. The van der Waals surface area contributed by atoms with Gasteiger partial charge >= 0.3 is 0 Å². The molecule has 1 aliphatic rings. The summed E-state index contributed by atoms with van der Waals surface area (Å²) in [6.07, 6.45) is 2.00. The minimum atomic E-state index is -0.237. The van der Waals surface area contributed by atoms with Gasteiger partial charge in [0.05, 0.1) is 0 Å². The molecule has 1 aromatic carbocycles. The van der Waals surface area contributed by atoms with Crippen molar-refractivity contribution in [2.75, 3.05) is 5.32 Å². The number of alkyl halides is 1. The summed E-state index contributed by atoms with van der Waals surface area (Å²) in [6.45, 7) is 1.92. The van der Waals surface area contributed by atoms with E-state index in [4.69, 9.17) is 28.9 Å². The van der Waals surface area contributed by atoms with E-state index < -0.39 is 0 Å². The van der Waals surface area contributed by atoms with Crippen molar-refractivity contribution in [1.82, 2.24) is 0 Å². The van der Waals surface area contributed by atoms with E-state index in [2.05, 4.69) is 5.32 Å². The lowest BCUT2D eigenvalue weighted by Gasteiger charge is -2.26. The topological polar surface area (TPSA) is 38.0 Å². The second kappa shape index (κ2) is 4.05. The Kier molecular flexibility index (Phi) is 2.91. The normalized spacial score (nSPS) is 21.3. The Bertz CT molecular complexity index is 413. The van der Waals surface area contributed by atoms with E-state index in [1.54, 1.807) is 0 Å². The number of nitrogens with one attached hydrogen (secondary N) is 1. The number of rotatable bonds is 1. The van der Waals surface area contributed by atoms with Crippen LogP contribution in [0.5, 0.6) is 0 Å². The summed E-state index contributed by atoms with van der Waals surface area (Å²) < 4.78 is 0. The van der Waals surface area contributed by atoms with Crippen LogP contribution in [0.15, 0.2) is 23.8 Å². The van der Waals surface area contributed by atoms with E-state index in [1.807, 2.05) is 31.2 Å². The van der Waals surface area contributed by atoms with Crippen LogP contribution in [0.2, 0.25) is 5.02 Å². The maximum Gasteiger partial charge on any atom is 0.125 e. The van der Waals surface area contributed by atoms with Gasteiger partial charge in [0.1, 0.15) is 5.50 Å². The van der Waals surface area contributed by atoms with Crippen molar-refractivity contribution in [1.29, 1.82) is 0 Å². The Labute approximate surface area is 99.1 Å². The van der Waals surface area contributed by atoms with Crippen molar-refractivity contribution in [3.8, 4) is 0 Å². The SMILES string of the molecule is C[C@@H](N)C1=Cc2cc(Cl)ccc2NC1Cl. The summed E-state index contributed by atoms with van der Waals surface area (Å²) in [5.41, 5.74) is 8.59. The van der Waals surface area contributed by atoms with E-state index >= 15 is 0 Å². The third-order valence-corrected chi connectivity index (χ3v) is 3.03. The maximum atomic E-state index is 6.15. The molecule has 2 atom stereocenters. The number of fused-ring (bicyclic) bond motifs is 1. The molecule has 0 spiro atoms. The molecule has 0 amide bonds. The zero-order valence-electron chi connectivity index (χ0n) is 8.30. The van der Waals surface area contributed by atoms with Crippen molar-refractivity contribution in [2.45, 2.75) is 18.5 Å². The maximum absolute atomic E-state index is 6.15. The van der Waals surface area contributed by atoms with Crippen molar-refractivity contribution in [2.24, 2.45) is 5.73 Å². The third-order valence-electron chi connectivity index (χ3n) is 2.44. The van der Waals surface area contributed by atoms with Gasteiger partial charge in [-0.15, -0.1) is 0 Å². The molecule has 3 N–H and O–H groups in total. The average molecular weight is 243 g/mol. The first-order valence-electron chi connectivity index (χ1n) is 4.75. The van der Waals surface area contributed by atoms with Gasteiger partial charge in [0.15, 0.2) is 0 Å². The molecule has 2 nitrogen and oxygen atoms in total. The first kappa shape index (κ1) is 10.8. The molecule has 1 aromatic rings. The molecule has 1 aliphatic heterocycles. The molecule has 15 heavy (non-hydrogen) atoms. The molecule has 0 bridgehead atoms. The molecule has 0 saturated heterocycles. The summed E-state index contributed by atoms with van der Waals surface area (Å²) in [7, 11) is 0. The summed E-state index contributed by atoms with van der Waals surface area (Å²) in [5, 5.41) is 3.89. The largest absolute Gasteiger partial charge is 0.365 e. The van der Waals surface area contributed by atoms with Crippen molar-refractivity contribution in [3.63, 3.8) is 0 Å². The Balaban J connectivity index is 2.47. The Morgan fingerprint density at radius 3 is 2.87 bits per heavy atom. The van der Waals surface area contributed by atoms with Gasteiger partial charge in [0.2, 0.25) is 0 Å². The van der Waals surface area contributed by atoms with E-state index in [0.717, 1.165) is 16.8 Å². The highest BCUT2D eigenvalue weighted by Crippen LogP contribution is 2.31. The number of hydrogen-bond donors (Lipinski definition) is 2. The monoisotopic (exact) mass is 242 g/mol. The van der Waals surface area contributed by atoms with Crippen LogP contribution in [-0.4, -0.2) is 11.5 Å². The number of nitrogens with two attached hydrogens (primary N) is 1. The number of hydrogen-bond acceptors (Lipinski definition) is 2. The molecule has 0 aliphatic carbocycles. The molecular formula is C11H12Cl2N2. The molecule has 0 fully saturated rings. The van der Waals surface area contributed by atoms with E-state index in [-0.39, 0.29) is 11.5 Å². The van der Waals surface area contributed by atoms with Crippen molar-refractivity contribution in [3.05, 3.63) is 34.4 Å². The fourth-order valence-corrected chi connectivity index (χ4v) is 2.18. The van der Waals surface area contributed by atoms with Crippen molar-refractivity contribution < 1.29 is 0 Å². The number of benzene rings is 1. The van der Waals surface area contributed by atoms with Crippen LogP contribution < -0.4 is 11.1 Å². The lowest BCUT2D eigenvalue weighted by atomic mass is 10.0. The zero-order chi connectivity index (χ0) is 11.0. The van der Waals surface area contributed by atoms with Crippen LogP contribution in [0.3, 0.4) is 0 Å². The molecule has 4 heteroatoms. The van der Waals surface area contributed by atoms with Crippen LogP contribution in [0.25, 0.3) is 6.08 Å². The quantitative estimate of drug-likeness (QED) is 0.587. The summed E-state index contributed by atoms with van der Waals surface area (Å²) in [5.74, 6) is 0. The van der Waals surface area contributed by atoms with E-state index in [0.29, 0.717) is 5.02 Å². The number of halogens is 2. The van der Waals surface area contributed by atoms with Gasteiger partial charge in [-0.25, -0.2) is 0 Å². The summed E-state index contributed by atoms with van der Waals surface area (Å²) in [6, 6.07) is 5.59. The van der Waals surface area contributed by atoms with Gasteiger partial charge in [-0.2, -0.15) is 0 Å². The highest BCUT2D eigenvalue weighted by molar-refractivity contribution is 6.31. The highest BCUT2D eigenvalue weighted by Gasteiger charge is 2.20. The predicted octanol–water partition coefficient (Wildman–Crippen LogP) is 3.06. The predicted molar refractivity (Wildman–Crippen MR) is 66.3 cm³/mol. The van der Waals surface area contributed by atoms with Gasteiger partial charge in [-0.05, 0) is 42.3 Å². The first-order chi connectivity index (χ1) is 7.08. The van der Waals surface area contributed by atoms with Crippen LogP contribution in [0.4, 0.5) is 5.69 Å². The minimum Gasteiger partial charge on any atom is -0.365 e. The van der Waals surface area contributed by atoms with Gasteiger partial charge in [0.25, 0.3) is 0 Å². The molecule has 1 unspecified atom stereocenters. The first-order valence-corrected chi connectivity index (χ1v) is 5.56. The van der Waals surface area contributed by atoms with E-state index in [9.17, 15) is 0 Å². The van der Waals surface area contributed by atoms with Crippen LogP contribution in [0.1, 0.15) is 12.5 Å². The second-order valence-electron chi connectivity index (χ2n) is 3.67. The summed E-state index contributed by atoms with van der Waals surface area (Å²) >= 11 is 12.1. The highest BCUT2D eigenvalue weighted by atomic mass is 35.5. The standard InChI is InChI=1S/C11H12Cl2N2/c1-6(14)9-5-7-4-8(12)2-3-10(7)15-11(9)13/h2-6,11,15H,14H2,1H3/t6-,11?/m1/s1. The Morgan fingerprint density at radius 2 is 2.20 bits per heavy atom. The zero-order valence-corrected chi connectivity index (χ0v) is 9.81. The fourth-order valence-electron chi connectivity index (χ4n) is 1.62. The minimum absolute atomic E-state index is 0.0628. The second-order valence-corrected chi connectivity index (χ2v) is 4.54. The molecule has 0 aromatic heterocycles. The molecule has 0 saturated carbocycles. The van der Waals surface area contributed by atoms with Gasteiger partial charge in [-0.3, -0.25) is 0 Å². The van der Waals surface area contributed by atoms with Gasteiger partial charge in [-0.1, -0.05) is 23.2 Å². The van der Waals surface area contributed by atoms with Gasteiger partial charge < -0.3 is 11.1 Å². The lowest BCUT2D eigenvalue weighted by molar-refractivity contribution is 0.825. The molecule has 1 heterocycles. The molecular weight excluding hydrogens is 231 g/mol. The third kappa shape index (κ3) is 2.12. The molecule has 2 rings (SSSR count). The smallest absolute Gasteiger partial charge is 0.125 e. The lowest BCUT2D eigenvalue weighted by Crippen LogP contribution is -2.30. The van der Waals surface area contributed by atoms with Crippen LogP contribution in [-0.2, 0) is 0 Å². The fraction of sp³-hybridized carbons (Fsp3) is 0.273. The molecule has 0 radical (unpaired) electrons. The Hall–Kier alpha value is -0.700. The van der Waals surface area contributed by atoms with Crippen LogP contribution >= 0.6 is 23.2 Å². The average Bonchev–Trinajstić information content (AvgIpc) is 2.17. The Morgan fingerprint density at radius 1 is 1.47 bits per heavy atom. The van der Waals surface area contributed by atoms with E-state index in [1.165, 1.54) is 0 Å². The van der Waals surface area contributed by atoms with Gasteiger partial charge in [0, 0.05) is 16.8 Å². The summed E-state index contributed by atoms with van der Waals surface area (Å²) in [4.78, 5) is 0.